The van der Waals surface area contributed by atoms with Crippen LogP contribution in [-0.4, -0.2) is 14.1 Å². The number of aromatic nitrogens is 3. The van der Waals surface area contributed by atoms with Crippen LogP contribution in [0.5, 0.6) is 0 Å². The number of nitrogens with two attached hydrogens (primary N) is 1. The molecule has 0 unspecified atom stereocenters. The number of rotatable bonds is 3. The van der Waals surface area contributed by atoms with Crippen molar-refractivity contribution in [3.8, 4) is 0 Å². The normalized spacial score (nSPS) is 10.5. The van der Waals surface area contributed by atoms with Crippen LogP contribution in [0.25, 0.3) is 0 Å². The highest BCUT2D eigenvalue weighted by atomic mass is 15.1. The molecule has 0 saturated heterocycles. The van der Waals surface area contributed by atoms with Gasteiger partial charge in [0.1, 0.15) is 0 Å². The molecule has 2 rings (SSSR count). The Labute approximate surface area is 76.6 Å². The second-order valence-electron chi connectivity index (χ2n) is 2.90. The van der Waals surface area contributed by atoms with Crippen LogP contribution < -0.4 is 5.73 Å². The third-order valence-corrected chi connectivity index (χ3v) is 2.01. The Morgan fingerprint density at radius 2 is 1.92 bits per heavy atom. The van der Waals surface area contributed by atoms with Crippen molar-refractivity contribution < 1.29 is 0 Å². The zero-order valence-corrected chi connectivity index (χ0v) is 7.30. The highest BCUT2D eigenvalue weighted by Crippen LogP contribution is 1.99. The summed E-state index contributed by atoms with van der Waals surface area (Å²) in [5.41, 5.74) is 5.62. The van der Waals surface area contributed by atoms with Crippen LogP contribution in [0.3, 0.4) is 0 Å². The molecule has 0 aliphatic rings. The molecule has 0 fully saturated rings. The van der Waals surface area contributed by atoms with Crippen molar-refractivity contribution in [1.29, 1.82) is 0 Å². The topological polar surface area (TPSA) is 48.8 Å². The average molecular weight is 176 g/mol. The van der Waals surface area contributed by atoms with Gasteiger partial charge in [-0.3, -0.25) is 0 Å². The molecule has 2 heterocycles. The van der Waals surface area contributed by atoms with Crippen molar-refractivity contribution in [1.82, 2.24) is 14.1 Å². The molecule has 0 aliphatic carbocycles. The summed E-state index contributed by atoms with van der Waals surface area (Å²) in [6.07, 6.45) is 7.67. The quantitative estimate of drug-likeness (QED) is 0.757. The zero-order chi connectivity index (χ0) is 9.10. The number of anilines is 1. The Morgan fingerprint density at radius 1 is 1.15 bits per heavy atom. The molecule has 0 spiro atoms. The fraction of sp³-hybridized carbons (Fsp3) is 0.222. The van der Waals surface area contributed by atoms with Crippen molar-refractivity contribution in [3.63, 3.8) is 0 Å². The molecule has 0 aromatic carbocycles. The van der Waals surface area contributed by atoms with Crippen molar-refractivity contribution in [2.75, 3.05) is 5.73 Å². The van der Waals surface area contributed by atoms with Gasteiger partial charge in [-0.05, 0) is 12.1 Å². The van der Waals surface area contributed by atoms with Gasteiger partial charge in [0.25, 0.3) is 0 Å². The molecule has 4 nitrogen and oxygen atoms in total. The standard InChI is InChI=1S/C9H12N4/c10-9-11-3-6-13(9)8-7-12-4-1-2-5-12/h1-6H,7-8H2,(H2,10,11). The van der Waals surface area contributed by atoms with E-state index < -0.39 is 0 Å². The van der Waals surface area contributed by atoms with Crippen LogP contribution >= 0.6 is 0 Å². The Hall–Kier alpha value is -1.71. The van der Waals surface area contributed by atoms with Gasteiger partial charge in [-0.1, -0.05) is 0 Å². The van der Waals surface area contributed by atoms with Crippen LogP contribution in [0.4, 0.5) is 5.95 Å². The smallest absolute Gasteiger partial charge is 0.200 e. The molecule has 0 atom stereocenters. The lowest BCUT2D eigenvalue weighted by molar-refractivity contribution is 0.586. The van der Waals surface area contributed by atoms with Crippen molar-refractivity contribution in [2.45, 2.75) is 13.1 Å². The van der Waals surface area contributed by atoms with Gasteiger partial charge >= 0.3 is 0 Å². The predicted octanol–water partition coefficient (Wildman–Crippen LogP) is 0.967. The number of nitrogens with zero attached hydrogens (tertiary/aromatic N) is 3. The van der Waals surface area contributed by atoms with Crippen molar-refractivity contribution in [2.24, 2.45) is 0 Å². The van der Waals surface area contributed by atoms with Gasteiger partial charge in [0, 0.05) is 37.9 Å². The highest BCUT2D eigenvalue weighted by Gasteiger charge is 1.96. The van der Waals surface area contributed by atoms with E-state index in [1.165, 1.54) is 0 Å². The first-order chi connectivity index (χ1) is 6.36. The average Bonchev–Trinajstić information content (AvgIpc) is 2.72. The molecule has 0 saturated carbocycles. The molecule has 0 radical (unpaired) electrons. The SMILES string of the molecule is Nc1nccn1CCn1cccc1. The van der Waals surface area contributed by atoms with Crippen LogP contribution in [0.15, 0.2) is 36.9 Å². The lowest BCUT2D eigenvalue weighted by atomic mass is 10.6. The predicted molar refractivity (Wildman–Crippen MR) is 51.1 cm³/mol. The minimum absolute atomic E-state index is 0.576. The summed E-state index contributed by atoms with van der Waals surface area (Å²) >= 11 is 0. The molecule has 0 amide bonds. The highest BCUT2D eigenvalue weighted by molar-refractivity contribution is 5.16. The molecule has 2 aromatic heterocycles. The number of hydrogen-bond donors (Lipinski definition) is 1. The van der Waals surface area contributed by atoms with Gasteiger partial charge in [0.05, 0.1) is 0 Å². The van der Waals surface area contributed by atoms with Crippen molar-refractivity contribution >= 4 is 5.95 Å². The summed E-state index contributed by atoms with van der Waals surface area (Å²) in [4.78, 5) is 3.95. The number of imidazole rings is 1. The summed E-state index contributed by atoms with van der Waals surface area (Å²) < 4.78 is 4.04. The summed E-state index contributed by atoms with van der Waals surface area (Å²) in [7, 11) is 0. The van der Waals surface area contributed by atoms with Crippen LogP contribution in [-0.2, 0) is 13.1 Å². The van der Waals surface area contributed by atoms with Gasteiger partial charge in [-0.25, -0.2) is 4.98 Å². The Bertz CT molecular complexity index is 361. The third kappa shape index (κ3) is 1.72. The minimum Gasteiger partial charge on any atom is -0.369 e. The van der Waals surface area contributed by atoms with Crippen LogP contribution in [0, 0.1) is 0 Å². The monoisotopic (exact) mass is 176 g/mol. The Kier molecular flexibility index (Phi) is 2.04. The van der Waals surface area contributed by atoms with E-state index in [2.05, 4.69) is 9.55 Å². The van der Waals surface area contributed by atoms with Gasteiger partial charge in [0.2, 0.25) is 0 Å². The van der Waals surface area contributed by atoms with E-state index in [1.54, 1.807) is 6.20 Å². The molecular weight excluding hydrogens is 164 g/mol. The van der Waals surface area contributed by atoms with E-state index in [1.807, 2.05) is 35.3 Å². The summed E-state index contributed by atoms with van der Waals surface area (Å²) in [6.45, 7) is 1.79. The van der Waals surface area contributed by atoms with Crippen LogP contribution in [0.2, 0.25) is 0 Å². The van der Waals surface area contributed by atoms with Crippen molar-refractivity contribution in [3.05, 3.63) is 36.9 Å². The summed E-state index contributed by atoms with van der Waals surface area (Å²) in [6, 6.07) is 4.02. The maximum absolute atomic E-state index is 5.62. The van der Waals surface area contributed by atoms with Gasteiger partial charge < -0.3 is 14.9 Å². The fourth-order valence-corrected chi connectivity index (χ4v) is 1.27. The number of hydrogen-bond acceptors (Lipinski definition) is 2. The lowest BCUT2D eigenvalue weighted by Crippen LogP contribution is -2.07. The van der Waals surface area contributed by atoms with Gasteiger partial charge in [-0.15, -0.1) is 0 Å². The summed E-state index contributed by atoms with van der Waals surface area (Å²) in [5, 5.41) is 0. The first-order valence-electron chi connectivity index (χ1n) is 4.23. The van der Waals surface area contributed by atoms with Gasteiger partial charge in [-0.2, -0.15) is 0 Å². The first-order valence-corrected chi connectivity index (χ1v) is 4.23. The molecular formula is C9H12N4. The van der Waals surface area contributed by atoms with Gasteiger partial charge in [0.15, 0.2) is 5.95 Å². The number of aryl methyl sites for hydroxylation is 2. The number of nitrogen functional groups attached to an aromatic ring is 1. The lowest BCUT2D eigenvalue weighted by Gasteiger charge is -2.05. The Balaban J connectivity index is 1.97. The van der Waals surface area contributed by atoms with E-state index in [4.69, 9.17) is 5.73 Å². The molecule has 13 heavy (non-hydrogen) atoms. The van der Waals surface area contributed by atoms with E-state index in [-0.39, 0.29) is 0 Å². The largest absolute Gasteiger partial charge is 0.369 e. The minimum atomic E-state index is 0.576. The maximum atomic E-state index is 5.62. The molecule has 68 valence electrons. The zero-order valence-electron chi connectivity index (χ0n) is 7.30. The molecule has 2 N–H and O–H groups in total. The van der Waals surface area contributed by atoms with E-state index in [0.717, 1.165) is 13.1 Å². The first kappa shape index (κ1) is 7.91. The Morgan fingerprint density at radius 3 is 2.54 bits per heavy atom. The molecule has 0 aliphatic heterocycles. The van der Waals surface area contributed by atoms with E-state index >= 15 is 0 Å². The second kappa shape index (κ2) is 3.35. The fourth-order valence-electron chi connectivity index (χ4n) is 1.27. The molecule has 2 aromatic rings. The second-order valence-corrected chi connectivity index (χ2v) is 2.90. The van der Waals surface area contributed by atoms with E-state index in [9.17, 15) is 0 Å². The third-order valence-electron chi connectivity index (χ3n) is 2.01. The van der Waals surface area contributed by atoms with E-state index in [0.29, 0.717) is 5.95 Å². The summed E-state index contributed by atoms with van der Waals surface area (Å²) in [5.74, 6) is 0.576. The maximum Gasteiger partial charge on any atom is 0.200 e. The van der Waals surface area contributed by atoms with Crippen LogP contribution in [0.1, 0.15) is 0 Å². The molecule has 0 bridgehead atoms. The molecule has 4 heteroatoms.